The van der Waals surface area contributed by atoms with Crippen LogP contribution in [0.1, 0.15) is 52.4 Å². The van der Waals surface area contributed by atoms with Crippen molar-refractivity contribution in [1.29, 1.82) is 0 Å². The standard InChI is InChI=1S/C27H40O7/c1-18-10-12-32-21(14-18)8-9-22(28)24-16-25-27(34-25)23(29)15-19(2)13-20(3)17-31-11-6-4-5-7-26(30)33-24/h5,7-10,20-25,27-29H,2,4,6,11-17H2,1,3H3/b7-5-,9-8?/t20?,21-,22+,23+,24+,25-,27-/m1/s1. The van der Waals surface area contributed by atoms with Crippen LogP contribution in [0.4, 0.5) is 0 Å². The van der Waals surface area contributed by atoms with Gasteiger partial charge in [-0.15, -0.1) is 0 Å². The Balaban J connectivity index is 1.64. The first-order chi connectivity index (χ1) is 16.3. The molecule has 1 saturated heterocycles. The van der Waals surface area contributed by atoms with Crippen molar-refractivity contribution in [3.63, 3.8) is 0 Å². The molecule has 0 radical (unpaired) electrons. The van der Waals surface area contributed by atoms with E-state index in [-0.39, 0.29) is 18.3 Å². The van der Waals surface area contributed by atoms with Crippen molar-refractivity contribution in [1.82, 2.24) is 0 Å². The second kappa shape index (κ2) is 13.4. The monoisotopic (exact) mass is 476 g/mol. The fraction of sp³-hybridized carbons (Fsp3) is 0.667. The number of allylic oxidation sites excluding steroid dienone is 1. The molecule has 0 spiro atoms. The zero-order valence-electron chi connectivity index (χ0n) is 20.4. The van der Waals surface area contributed by atoms with Gasteiger partial charge >= 0.3 is 5.97 Å². The molecule has 3 heterocycles. The smallest absolute Gasteiger partial charge is 0.330 e. The highest BCUT2D eigenvalue weighted by Gasteiger charge is 2.46. The summed E-state index contributed by atoms with van der Waals surface area (Å²) in [6.07, 6.45) is 9.23. The molecule has 1 fully saturated rings. The van der Waals surface area contributed by atoms with Crippen LogP contribution in [0.5, 0.6) is 0 Å². The fourth-order valence-corrected chi connectivity index (χ4v) is 4.43. The Morgan fingerprint density at radius 3 is 2.88 bits per heavy atom. The Kier molecular flexibility index (Phi) is 10.5. The number of carbonyl (C=O) groups is 1. The zero-order chi connectivity index (χ0) is 24.5. The lowest BCUT2D eigenvalue weighted by molar-refractivity contribution is -0.148. The third kappa shape index (κ3) is 9.12. The van der Waals surface area contributed by atoms with Crippen LogP contribution < -0.4 is 0 Å². The van der Waals surface area contributed by atoms with Crippen LogP contribution in [0.2, 0.25) is 0 Å². The first kappa shape index (κ1) is 26.8. The van der Waals surface area contributed by atoms with Crippen LogP contribution in [-0.4, -0.2) is 72.6 Å². The van der Waals surface area contributed by atoms with Crippen molar-refractivity contribution in [2.24, 2.45) is 5.92 Å². The largest absolute Gasteiger partial charge is 0.456 e. The van der Waals surface area contributed by atoms with E-state index in [0.29, 0.717) is 45.0 Å². The number of carbonyl (C=O) groups excluding carboxylic acids is 1. The molecule has 2 N–H and O–H groups in total. The lowest BCUT2D eigenvalue weighted by Crippen LogP contribution is -2.32. The molecular weight excluding hydrogens is 436 g/mol. The summed E-state index contributed by atoms with van der Waals surface area (Å²) >= 11 is 0. The number of esters is 1. The number of cyclic esters (lactones) is 1. The molecule has 0 aliphatic carbocycles. The zero-order valence-corrected chi connectivity index (χ0v) is 20.4. The average Bonchev–Trinajstić information content (AvgIpc) is 3.55. The van der Waals surface area contributed by atoms with Crippen LogP contribution in [0.25, 0.3) is 0 Å². The fourth-order valence-electron chi connectivity index (χ4n) is 4.43. The summed E-state index contributed by atoms with van der Waals surface area (Å²) in [7, 11) is 0. The molecule has 7 nitrogen and oxygen atoms in total. The van der Waals surface area contributed by atoms with Crippen LogP contribution in [-0.2, 0) is 23.7 Å². The van der Waals surface area contributed by atoms with Crippen LogP contribution in [0.3, 0.4) is 0 Å². The molecule has 3 rings (SSSR count). The number of aliphatic hydroxyl groups is 2. The van der Waals surface area contributed by atoms with Gasteiger partial charge in [-0.2, -0.15) is 0 Å². The highest BCUT2D eigenvalue weighted by atomic mass is 16.6. The first-order valence-corrected chi connectivity index (χ1v) is 12.4. The highest BCUT2D eigenvalue weighted by Crippen LogP contribution is 2.34. The van der Waals surface area contributed by atoms with E-state index in [1.165, 1.54) is 11.6 Å². The van der Waals surface area contributed by atoms with Gasteiger partial charge in [0.05, 0.1) is 24.9 Å². The van der Waals surface area contributed by atoms with Crippen LogP contribution in [0.15, 0.2) is 48.1 Å². The summed E-state index contributed by atoms with van der Waals surface area (Å²) in [6.45, 7) is 10.1. The van der Waals surface area contributed by atoms with Crippen molar-refractivity contribution in [2.75, 3.05) is 19.8 Å². The Bertz CT molecular complexity index is 771. The van der Waals surface area contributed by atoms with Crippen molar-refractivity contribution in [3.8, 4) is 0 Å². The van der Waals surface area contributed by atoms with Gasteiger partial charge in [0.25, 0.3) is 0 Å². The summed E-state index contributed by atoms with van der Waals surface area (Å²) in [6, 6.07) is 0. The number of hydrogen-bond donors (Lipinski definition) is 2. The first-order valence-electron chi connectivity index (χ1n) is 12.4. The molecule has 3 aliphatic rings. The summed E-state index contributed by atoms with van der Waals surface area (Å²) in [5, 5.41) is 21.4. The molecule has 34 heavy (non-hydrogen) atoms. The van der Waals surface area contributed by atoms with E-state index in [2.05, 4.69) is 20.4 Å². The van der Waals surface area contributed by atoms with Gasteiger partial charge in [0.15, 0.2) is 0 Å². The van der Waals surface area contributed by atoms with Crippen molar-refractivity contribution in [3.05, 3.63) is 48.1 Å². The normalized spacial score (nSPS) is 36.5. The van der Waals surface area contributed by atoms with Gasteiger partial charge < -0.3 is 29.2 Å². The highest BCUT2D eigenvalue weighted by molar-refractivity contribution is 5.82. The minimum atomic E-state index is -1.01. The number of hydrogen-bond acceptors (Lipinski definition) is 7. The van der Waals surface area contributed by atoms with E-state index in [1.807, 2.05) is 12.2 Å². The Labute approximate surface area is 203 Å². The quantitative estimate of drug-likeness (QED) is 0.366. The molecule has 7 heteroatoms. The van der Waals surface area contributed by atoms with Gasteiger partial charge in [-0.25, -0.2) is 4.79 Å². The van der Waals surface area contributed by atoms with Gasteiger partial charge in [0, 0.05) is 25.7 Å². The lowest BCUT2D eigenvalue weighted by atomic mass is 9.95. The number of aliphatic hydroxyl groups excluding tert-OH is 2. The van der Waals surface area contributed by atoms with Crippen LogP contribution >= 0.6 is 0 Å². The molecule has 190 valence electrons. The summed E-state index contributed by atoms with van der Waals surface area (Å²) in [4.78, 5) is 12.4. The molecular formula is C27H40O7. The minimum absolute atomic E-state index is 0.114. The SMILES string of the molecule is C=C1CC(C)COCCC/C=C\C(=O)O[C@H]([C@@H](O)C=C[C@@H]2CC(C)=CCO2)C[C@H]2O[C@@H]2[C@@H](O)C1. The number of rotatable bonds is 3. The molecule has 0 saturated carbocycles. The van der Waals surface area contributed by atoms with E-state index in [0.717, 1.165) is 24.8 Å². The van der Waals surface area contributed by atoms with Gasteiger partial charge in [0.2, 0.25) is 0 Å². The lowest BCUT2D eigenvalue weighted by Gasteiger charge is -2.22. The molecule has 1 unspecified atom stereocenters. The summed E-state index contributed by atoms with van der Waals surface area (Å²) in [5.74, 6) is -0.189. The molecule has 0 aromatic rings. The number of epoxide rings is 1. The Morgan fingerprint density at radius 2 is 2.09 bits per heavy atom. The topological polar surface area (TPSA) is 97.8 Å². The number of ether oxygens (including phenoxy) is 4. The predicted molar refractivity (Wildman–Crippen MR) is 129 cm³/mol. The minimum Gasteiger partial charge on any atom is -0.456 e. The van der Waals surface area contributed by atoms with Crippen molar-refractivity contribution in [2.45, 2.75) is 89.0 Å². The van der Waals surface area contributed by atoms with Gasteiger partial charge in [0.1, 0.15) is 18.3 Å². The van der Waals surface area contributed by atoms with Gasteiger partial charge in [-0.1, -0.05) is 49.0 Å². The maximum absolute atomic E-state index is 12.4. The van der Waals surface area contributed by atoms with E-state index < -0.39 is 24.3 Å². The molecule has 0 bridgehead atoms. The van der Waals surface area contributed by atoms with Crippen molar-refractivity contribution >= 4 is 5.97 Å². The van der Waals surface area contributed by atoms with E-state index >= 15 is 0 Å². The molecule has 7 atom stereocenters. The third-order valence-electron chi connectivity index (χ3n) is 6.35. The van der Waals surface area contributed by atoms with E-state index in [1.54, 1.807) is 12.2 Å². The average molecular weight is 477 g/mol. The molecule has 0 amide bonds. The summed E-state index contributed by atoms with van der Waals surface area (Å²) in [5.41, 5.74) is 2.21. The molecule has 0 aromatic carbocycles. The summed E-state index contributed by atoms with van der Waals surface area (Å²) < 4.78 is 22.7. The van der Waals surface area contributed by atoms with Gasteiger partial charge in [-0.05, 0) is 44.9 Å². The molecule has 3 aliphatic heterocycles. The number of fused-ring (bicyclic) bond motifs is 1. The maximum Gasteiger partial charge on any atom is 0.330 e. The predicted octanol–water partition coefficient (Wildman–Crippen LogP) is 3.41. The third-order valence-corrected chi connectivity index (χ3v) is 6.35. The van der Waals surface area contributed by atoms with Crippen molar-refractivity contribution < 1.29 is 34.0 Å². The molecule has 0 aromatic heterocycles. The van der Waals surface area contributed by atoms with Gasteiger partial charge in [-0.3, -0.25) is 0 Å². The van der Waals surface area contributed by atoms with E-state index in [9.17, 15) is 15.0 Å². The van der Waals surface area contributed by atoms with Crippen LogP contribution in [0, 0.1) is 5.92 Å². The maximum atomic E-state index is 12.4. The Hall–Kier alpha value is -1.77. The second-order valence-corrected chi connectivity index (χ2v) is 9.80. The Morgan fingerprint density at radius 1 is 1.26 bits per heavy atom. The second-order valence-electron chi connectivity index (χ2n) is 9.80. The van der Waals surface area contributed by atoms with E-state index in [4.69, 9.17) is 18.9 Å².